The van der Waals surface area contributed by atoms with Gasteiger partial charge in [-0.2, -0.15) is 18.4 Å². The topological polar surface area (TPSA) is 56.0 Å². The lowest BCUT2D eigenvalue weighted by Crippen LogP contribution is -2.26. The Labute approximate surface area is 109 Å². The smallest absolute Gasteiger partial charge is 0.396 e. The van der Waals surface area contributed by atoms with Gasteiger partial charge in [0.2, 0.25) is 0 Å². The van der Waals surface area contributed by atoms with Gasteiger partial charge in [0.15, 0.2) is 0 Å². The molecule has 19 heavy (non-hydrogen) atoms. The fourth-order valence-electron chi connectivity index (χ4n) is 1.54. The molecule has 2 N–H and O–H groups in total. The maximum absolute atomic E-state index is 12.6. The Morgan fingerprint density at radius 2 is 2.00 bits per heavy atom. The van der Waals surface area contributed by atoms with Crippen LogP contribution in [0.3, 0.4) is 0 Å². The fourth-order valence-corrected chi connectivity index (χ4v) is 1.54. The third-order valence-corrected chi connectivity index (χ3v) is 2.98. The van der Waals surface area contributed by atoms with Crippen LogP contribution in [0.5, 0.6) is 0 Å². The number of anilines is 1. The number of nitrogens with one attached hydrogen (secondary N) is 1. The van der Waals surface area contributed by atoms with Gasteiger partial charge in [-0.3, -0.25) is 0 Å². The molecular weight excluding hydrogens is 257 g/mol. The first-order valence-electron chi connectivity index (χ1n) is 5.78. The highest BCUT2D eigenvalue weighted by atomic mass is 19.4. The van der Waals surface area contributed by atoms with Crippen LogP contribution < -0.4 is 5.32 Å². The van der Waals surface area contributed by atoms with E-state index in [4.69, 9.17) is 10.4 Å². The molecule has 0 saturated heterocycles. The summed E-state index contributed by atoms with van der Waals surface area (Å²) in [6.07, 6.45) is -4.53. The van der Waals surface area contributed by atoms with Crippen molar-refractivity contribution < 1.29 is 18.3 Å². The van der Waals surface area contributed by atoms with Crippen LogP contribution in [-0.4, -0.2) is 17.8 Å². The number of aliphatic hydroxyl groups excluding tert-OH is 1. The van der Waals surface area contributed by atoms with Gasteiger partial charge >= 0.3 is 6.18 Å². The van der Waals surface area contributed by atoms with Crippen LogP contribution in [0.15, 0.2) is 18.2 Å². The van der Waals surface area contributed by atoms with E-state index in [1.807, 2.05) is 13.8 Å². The molecule has 0 bridgehead atoms. The van der Waals surface area contributed by atoms with Gasteiger partial charge in [-0.1, -0.05) is 6.92 Å². The lowest BCUT2D eigenvalue weighted by Gasteiger charge is -2.21. The second-order valence-electron chi connectivity index (χ2n) is 4.46. The highest BCUT2D eigenvalue weighted by Gasteiger charge is 2.33. The SMILES string of the molecule is CC(CO)C(C)Nc1ccc(C(F)(F)F)c(C#N)c1. The number of halogens is 3. The predicted molar refractivity (Wildman–Crippen MR) is 65.5 cm³/mol. The number of benzene rings is 1. The molecule has 0 heterocycles. The lowest BCUT2D eigenvalue weighted by atomic mass is 10.0. The second-order valence-corrected chi connectivity index (χ2v) is 4.46. The quantitative estimate of drug-likeness (QED) is 0.885. The summed E-state index contributed by atoms with van der Waals surface area (Å²) in [5.41, 5.74) is -0.929. The largest absolute Gasteiger partial charge is 0.417 e. The normalized spacial score (nSPS) is 14.6. The van der Waals surface area contributed by atoms with E-state index < -0.39 is 17.3 Å². The monoisotopic (exact) mass is 272 g/mol. The number of nitriles is 1. The summed E-state index contributed by atoms with van der Waals surface area (Å²) in [6, 6.07) is 4.77. The van der Waals surface area contributed by atoms with Crippen molar-refractivity contribution in [1.29, 1.82) is 5.26 Å². The molecule has 2 unspecified atom stereocenters. The highest BCUT2D eigenvalue weighted by molar-refractivity contribution is 5.54. The van der Waals surface area contributed by atoms with Crippen molar-refractivity contribution in [3.8, 4) is 6.07 Å². The lowest BCUT2D eigenvalue weighted by molar-refractivity contribution is -0.137. The molecule has 0 amide bonds. The van der Waals surface area contributed by atoms with Crippen LogP contribution >= 0.6 is 0 Å². The first kappa shape index (κ1) is 15.3. The highest BCUT2D eigenvalue weighted by Crippen LogP contribution is 2.33. The molecule has 3 nitrogen and oxygen atoms in total. The first-order chi connectivity index (χ1) is 8.79. The van der Waals surface area contributed by atoms with E-state index in [1.165, 1.54) is 12.1 Å². The molecule has 1 aromatic carbocycles. The number of nitrogens with zero attached hydrogens (tertiary/aromatic N) is 1. The molecule has 2 atom stereocenters. The van der Waals surface area contributed by atoms with Crippen LogP contribution in [-0.2, 0) is 6.18 Å². The Morgan fingerprint density at radius 1 is 1.37 bits per heavy atom. The maximum atomic E-state index is 12.6. The summed E-state index contributed by atoms with van der Waals surface area (Å²) < 4.78 is 37.8. The molecule has 0 spiro atoms. The molecule has 0 aliphatic heterocycles. The van der Waals surface area contributed by atoms with E-state index in [0.717, 1.165) is 6.07 Å². The molecule has 0 aromatic heterocycles. The van der Waals surface area contributed by atoms with E-state index in [9.17, 15) is 13.2 Å². The Bertz CT molecular complexity index is 480. The van der Waals surface area contributed by atoms with Crippen LogP contribution in [0.25, 0.3) is 0 Å². The minimum atomic E-state index is -4.53. The van der Waals surface area contributed by atoms with Crippen LogP contribution in [0.1, 0.15) is 25.0 Å². The summed E-state index contributed by atoms with van der Waals surface area (Å²) in [5.74, 6) is -0.0483. The van der Waals surface area contributed by atoms with Gasteiger partial charge in [0.1, 0.15) is 0 Å². The van der Waals surface area contributed by atoms with Gasteiger partial charge in [-0.05, 0) is 31.0 Å². The minimum Gasteiger partial charge on any atom is -0.396 e. The summed E-state index contributed by atoms with van der Waals surface area (Å²) in [7, 11) is 0. The zero-order chi connectivity index (χ0) is 14.6. The number of aliphatic hydroxyl groups is 1. The Hall–Kier alpha value is -1.74. The van der Waals surface area contributed by atoms with Gasteiger partial charge in [0.25, 0.3) is 0 Å². The molecule has 0 aliphatic rings. The Balaban J connectivity index is 2.99. The van der Waals surface area contributed by atoms with Crippen molar-refractivity contribution in [2.24, 2.45) is 5.92 Å². The van der Waals surface area contributed by atoms with Crippen molar-refractivity contribution >= 4 is 5.69 Å². The van der Waals surface area contributed by atoms with Gasteiger partial charge in [-0.25, -0.2) is 0 Å². The number of rotatable bonds is 4. The standard InChI is InChI=1S/C13H15F3N2O/c1-8(7-19)9(2)18-11-3-4-12(13(14,15)16)10(5-11)6-17/h3-5,8-9,18-19H,7H2,1-2H3. The van der Waals surface area contributed by atoms with Gasteiger partial charge in [-0.15, -0.1) is 0 Å². The molecule has 1 aromatic rings. The predicted octanol–water partition coefficient (Wildman–Crippen LogP) is 3.01. The third-order valence-electron chi connectivity index (χ3n) is 2.98. The van der Waals surface area contributed by atoms with E-state index in [1.54, 1.807) is 6.07 Å². The molecule has 1 rings (SSSR count). The Morgan fingerprint density at radius 3 is 2.47 bits per heavy atom. The summed E-state index contributed by atoms with van der Waals surface area (Å²) >= 11 is 0. The van der Waals surface area contributed by atoms with Crippen molar-refractivity contribution in [1.82, 2.24) is 0 Å². The summed E-state index contributed by atoms with van der Waals surface area (Å²) in [5, 5.41) is 20.7. The van der Waals surface area contributed by atoms with Crippen LogP contribution in [0.2, 0.25) is 0 Å². The second kappa shape index (κ2) is 5.93. The molecule has 0 radical (unpaired) electrons. The van der Waals surface area contributed by atoms with Crippen molar-refractivity contribution in [2.75, 3.05) is 11.9 Å². The molecular formula is C13H15F3N2O. The van der Waals surface area contributed by atoms with E-state index in [0.29, 0.717) is 5.69 Å². The van der Waals surface area contributed by atoms with Gasteiger partial charge in [0, 0.05) is 18.3 Å². The van der Waals surface area contributed by atoms with Crippen LogP contribution in [0.4, 0.5) is 18.9 Å². The van der Waals surface area contributed by atoms with Crippen molar-refractivity contribution in [3.63, 3.8) is 0 Å². The first-order valence-corrected chi connectivity index (χ1v) is 5.78. The maximum Gasteiger partial charge on any atom is 0.417 e. The van der Waals surface area contributed by atoms with Gasteiger partial charge < -0.3 is 10.4 Å². The average Bonchev–Trinajstić information content (AvgIpc) is 2.36. The molecule has 104 valence electrons. The Kier molecular flexibility index (Phi) is 4.78. The molecule has 0 saturated carbocycles. The van der Waals surface area contributed by atoms with Crippen LogP contribution in [0, 0.1) is 17.2 Å². The zero-order valence-corrected chi connectivity index (χ0v) is 10.6. The van der Waals surface area contributed by atoms with E-state index >= 15 is 0 Å². The third kappa shape index (κ3) is 3.86. The van der Waals surface area contributed by atoms with Gasteiger partial charge in [0.05, 0.1) is 17.2 Å². The van der Waals surface area contributed by atoms with E-state index in [-0.39, 0.29) is 18.6 Å². The minimum absolute atomic E-state index is 0.0279. The molecule has 0 aliphatic carbocycles. The number of alkyl halides is 3. The van der Waals surface area contributed by atoms with E-state index in [2.05, 4.69) is 5.32 Å². The molecule has 0 fully saturated rings. The van der Waals surface area contributed by atoms with Crippen molar-refractivity contribution in [2.45, 2.75) is 26.1 Å². The number of hydrogen-bond donors (Lipinski definition) is 2. The number of hydrogen-bond acceptors (Lipinski definition) is 3. The average molecular weight is 272 g/mol. The fraction of sp³-hybridized carbons (Fsp3) is 0.462. The summed E-state index contributed by atoms with van der Waals surface area (Å²) in [4.78, 5) is 0. The molecule has 6 heteroatoms. The van der Waals surface area contributed by atoms with Crippen molar-refractivity contribution in [3.05, 3.63) is 29.3 Å². The zero-order valence-electron chi connectivity index (χ0n) is 10.6. The summed E-state index contributed by atoms with van der Waals surface area (Å²) in [6.45, 7) is 3.59.